The summed E-state index contributed by atoms with van der Waals surface area (Å²) in [6.45, 7) is 0. The SMILES string of the molecule is Nc1cc(-c2ccc(-c3ccc4c(-c5cccc6cc(-c7ccc(-c8cc(-c9ccc(-c%10ccccc%10)cc9)nc(-c9ccccc9)n8)cc7)ccc56)cccc4c3)cc2)ccc1Nc1ccccc1. The van der Waals surface area contributed by atoms with Crippen LogP contribution in [0.15, 0.2) is 261 Å². The highest BCUT2D eigenvalue weighted by atomic mass is 14.9. The lowest BCUT2D eigenvalue weighted by molar-refractivity contribution is 1.18. The van der Waals surface area contributed by atoms with Gasteiger partial charge in [0.05, 0.1) is 22.8 Å². The van der Waals surface area contributed by atoms with Crippen LogP contribution in [0.4, 0.5) is 17.1 Å². The van der Waals surface area contributed by atoms with Crippen molar-refractivity contribution in [3.8, 4) is 89.5 Å². The zero-order chi connectivity index (χ0) is 46.8. The molecule has 0 aliphatic rings. The molecule has 1 aromatic heterocycles. The van der Waals surface area contributed by atoms with Crippen LogP contribution >= 0.6 is 0 Å². The summed E-state index contributed by atoms with van der Waals surface area (Å²) >= 11 is 0. The predicted octanol–water partition coefficient (Wildman–Crippen LogP) is 17.4. The van der Waals surface area contributed by atoms with Crippen LogP contribution in [-0.4, -0.2) is 9.97 Å². The molecule has 1 heterocycles. The largest absolute Gasteiger partial charge is 0.397 e. The van der Waals surface area contributed by atoms with Crippen LogP contribution in [0, 0.1) is 0 Å². The van der Waals surface area contributed by atoms with Gasteiger partial charge in [0, 0.05) is 22.4 Å². The van der Waals surface area contributed by atoms with E-state index in [0.29, 0.717) is 11.5 Å². The average Bonchev–Trinajstić information content (AvgIpc) is 3.44. The first-order valence-electron chi connectivity index (χ1n) is 23.7. The third-order valence-corrected chi connectivity index (χ3v) is 13.3. The maximum Gasteiger partial charge on any atom is 0.160 e. The summed E-state index contributed by atoms with van der Waals surface area (Å²) in [7, 11) is 0. The van der Waals surface area contributed by atoms with Crippen LogP contribution in [0.5, 0.6) is 0 Å². The van der Waals surface area contributed by atoms with Gasteiger partial charge in [-0.1, -0.05) is 218 Å². The van der Waals surface area contributed by atoms with Crippen molar-refractivity contribution in [3.63, 3.8) is 0 Å². The quantitative estimate of drug-likeness (QED) is 0.134. The summed E-state index contributed by atoms with van der Waals surface area (Å²) in [6.07, 6.45) is 0. The Balaban J connectivity index is 0.799. The number of nitrogens with one attached hydrogen (secondary N) is 1. The highest BCUT2D eigenvalue weighted by molar-refractivity contribution is 6.07. The smallest absolute Gasteiger partial charge is 0.160 e. The minimum Gasteiger partial charge on any atom is -0.397 e. The number of nitrogen functional groups attached to an aromatic ring is 1. The number of fused-ring (bicyclic) bond motifs is 2. The molecule has 12 aromatic rings. The maximum absolute atomic E-state index is 6.50. The van der Waals surface area contributed by atoms with Crippen molar-refractivity contribution in [2.45, 2.75) is 0 Å². The number of para-hydroxylation sites is 1. The Morgan fingerprint density at radius 2 is 0.671 bits per heavy atom. The second kappa shape index (κ2) is 18.4. The van der Waals surface area contributed by atoms with E-state index in [-0.39, 0.29) is 0 Å². The molecule has 4 heteroatoms. The summed E-state index contributed by atoms with van der Waals surface area (Å²) in [4.78, 5) is 10.2. The number of hydrogen-bond donors (Lipinski definition) is 2. The van der Waals surface area contributed by atoms with E-state index in [1.54, 1.807) is 0 Å². The normalized spacial score (nSPS) is 11.2. The minimum atomic E-state index is 0.703. The van der Waals surface area contributed by atoms with Gasteiger partial charge in [0.25, 0.3) is 0 Å². The van der Waals surface area contributed by atoms with E-state index >= 15 is 0 Å². The van der Waals surface area contributed by atoms with Crippen LogP contribution in [0.25, 0.3) is 111 Å². The number of rotatable bonds is 10. The molecule has 70 heavy (non-hydrogen) atoms. The topological polar surface area (TPSA) is 63.8 Å². The lowest BCUT2D eigenvalue weighted by Gasteiger charge is -2.13. The number of anilines is 3. The standard InChI is InChI=1S/C66H46N4/c67-62-42-54(36-39-63(62)68-57-18-8-3-9-19-57)48-24-22-46(23-25-48)52-34-37-58-55(40-52)16-10-20-60(58)61-21-11-17-56-41-53(35-38-59(56)61)47-28-32-50(33-29-47)65-43-64(69-66(70-65)51-14-6-2-7-15-51)49-30-26-45(27-31-49)44-12-4-1-5-13-44/h1-43,68H,67H2. The lowest BCUT2D eigenvalue weighted by Crippen LogP contribution is -1.96. The Labute approximate surface area is 408 Å². The van der Waals surface area contributed by atoms with Gasteiger partial charge in [0.15, 0.2) is 5.82 Å². The average molecular weight is 895 g/mol. The van der Waals surface area contributed by atoms with Crippen molar-refractivity contribution < 1.29 is 0 Å². The first-order valence-corrected chi connectivity index (χ1v) is 23.7. The fourth-order valence-electron chi connectivity index (χ4n) is 9.54. The van der Waals surface area contributed by atoms with E-state index in [4.69, 9.17) is 15.7 Å². The van der Waals surface area contributed by atoms with Crippen molar-refractivity contribution in [2.75, 3.05) is 11.1 Å². The second-order valence-corrected chi connectivity index (χ2v) is 17.7. The summed E-state index contributed by atoms with van der Waals surface area (Å²) in [6, 6.07) is 92.1. The van der Waals surface area contributed by atoms with E-state index in [0.717, 1.165) is 61.7 Å². The molecule has 0 atom stereocenters. The van der Waals surface area contributed by atoms with Crippen molar-refractivity contribution >= 4 is 38.6 Å². The third kappa shape index (κ3) is 8.47. The zero-order valence-corrected chi connectivity index (χ0v) is 38.3. The van der Waals surface area contributed by atoms with Gasteiger partial charge in [-0.2, -0.15) is 0 Å². The summed E-state index contributed by atoms with van der Waals surface area (Å²) in [5.41, 5.74) is 25.6. The molecule has 330 valence electrons. The first kappa shape index (κ1) is 42.0. The molecule has 0 saturated heterocycles. The van der Waals surface area contributed by atoms with Crippen LogP contribution in [-0.2, 0) is 0 Å². The molecule has 0 aliphatic heterocycles. The summed E-state index contributed by atoms with van der Waals surface area (Å²) in [5, 5.41) is 8.26. The number of hydrogen-bond acceptors (Lipinski definition) is 4. The van der Waals surface area contributed by atoms with Crippen molar-refractivity contribution in [1.29, 1.82) is 0 Å². The van der Waals surface area contributed by atoms with Crippen molar-refractivity contribution in [1.82, 2.24) is 9.97 Å². The summed E-state index contributed by atoms with van der Waals surface area (Å²) in [5.74, 6) is 0.703. The van der Waals surface area contributed by atoms with Crippen LogP contribution < -0.4 is 11.1 Å². The van der Waals surface area contributed by atoms with E-state index < -0.39 is 0 Å². The van der Waals surface area contributed by atoms with Gasteiger partial charge in [-0.05, 0) is 120 Å². The van der Waals surface area contributed by atoms with Crippen LogP contribution in [0.3, 0.4) is 0 Å². The molecule has 4 nitrogen and oxygen atoms in total. The second-order valence-electron chi connectivity index (χ2n) is 17.7. The van der Waals surface area contributed by atoms with Gasteiger partial charge in [-0.15, -0.1) is 0 Å². The Bertz CT molecular complexity index is 3810. The number of nitrogens with zero attached hydrogens (tertiary/aromatic N) is 2. The van der Waals surface area contributed by atoms with Crippen LogP contribution in [0.1, 0.15) is 0 Å². The molecule has 0 saturated carbocycles. The number of aromatic nitrogens is 2. The zero-order valence-electron chi connectivity index (χ0n) is 38.3. The van der Waals surface area contributed by atoms with Gasteiger partial charge in [0.1, 0.15) is 0 Å². The molecule has 3 N–H and O–H groups in total. The number of nitrogens with two attached hydrogens (primary N) is 1. The first-order chi connectivity index (χ1) is 34.6. The van der Waals surface area contributed by atoms with Crippen molar-refractivity contribution in [2.24, 2.45) is 0 Å². The number of benzene rings is 11. The Kier molecular flexibility index (Phi) is 11.0. The van der Waals surface area contributed by atoms with Gasteiger partial charge in [-0.3, -0.25) is 0 Å². The molecular weight excluding hydrogens is 849 g/mol. The molecule has 11 aromatic carbocycles. The van der Waals surface area contributed by atoms with Gasteiger partial charge in [0.2, 0.25) is 0 Å². The molecule has 0 aliphatic carbocycles. The lowest BCUT2D eigenvalue weighted by atomic mass is 9.91. The minimum absolute atomic E-state index is 0.703. The van der Waals surface area contributed by atoms with E-state index in [1.165, 1.54) is 54.9 Å². The highest BCUT2D eigenvalue weighted by Gasteiger charge is 2.14. The van der Waals surface area contributed by atoms with E-state index in [2.05, 4.69) is 199 Å². The van der Waals surface area contributed by atoms with Gasteiger partial charge >= 0.3 is 0 Å². The van der Waals surface area contributed by atoms with Gasteiger partial charge < -0.3 is 11.1 Å². The molecular formula is C66H46N4. The predicted molar refractivity (Wildman–Crippen MR) is 295 cm³/mol. The molecule has 0 radical (unpaired) electrons. The molecule has 0 bridgehead atoms. The van der Waals surface area contributed by atoms with E-state index in [9.17, 15) is 0 Å². The molecule has 0 unspecified atom stereocenters. The molecule has 0 spiro atoms. The Morgan fingerprint density at radius 1 is 0.286 bits per heavy atom. The van der Waals surface area contributed by atoms with Crippen molar-refractivity contribution in [3.05, 3.63) is 261 Å². The summed E-state index contributed by atoms with van der Waals surface area (Å²) < 4.78 is 0. The maximum atomic E-state index is 6.50. The third-order valence-electron chi connectivity index (χ3n) is 13.3. The Morgan fingerprint density at radius 3 is 1.16 bits per heavy atom. The molecule has 12 rings (SSSR count). The highest BCUT2D eigenvalue weighted by Crippen LogP contribution is 2.39. The molecule has 0 fully saturated rings. The van der Waals surface area contributed by atoms with Crippen LogP contribution in [0.2, 0.25) is 0 Å². The fourth-order valence-corrected chi connectivity index (χ4v) is 9.54. The van der Waals surface area contributed by atoms with E-state index in [1.807, 2.05) is 66.7 Å². The Hall–Kier alpha value is -9.38. The fraction of sp³-hybridized carbons (Fsp3) is 0. The van der Waals surface area contributed by atoms with Gasteiger partial charge in [-0.25, -0.2) is 9.97 Å². The monoisotopic (exact) mass is 894 g/mol. The molecule has 0 amide bonds.